The zero-order valence-corrected chi connectivity index (χ0v) is 20.8. The maximum Gasteiger partial charge on any atom is 0.258 e. The van der Waals surface area contributed by atoms with Gasteiger partial charge in [0.05, 0.1) is 25.8 Å². The molecule has 35 heavy (non-hydrogen) atoms. The lowest BCUT2D eigenvalue weighted by Crippen LogP contribution is -2.46. The molecule has 0 saturated heterocycles. The number of ether oxygens (including phenoxy) is 3. The monoisotopic (exact) mass is 498 g/mol. The molecule has 4 rings (SSSR count). The van der Waals surface area contributed by atoms with Crippen LogP contribution in [-0.2, 0) is 4.74 Å². The van der Waals surface area contributed by atoms with Crippen LogP contribution in [0.3, 0.4) is 0 Å². The van der Waals surface area contributed by atoms with E-state index in [9.17, 15) is 4.39 Å². The second kappa shape index (κ2) is 10.8. The first-order valence-corrected chi connectivity index (χ1v) is 11.5. The van der Waals surface area contributed by atoms with Crippen molar-refractivity contribution in [2.45, 2.75) is 19.4 Å². The Bertz CT molecular complexity index is 1250. The highest BCUT2D eigenvalue weighted by Crippen LogP contribution is 2.38. The van der Waals surface area contributed by atoms with E-state index in [1.807, 2.05) is 24.0 Å². The number of aromatic nitrogens is 2. The summed E-state index contributed by atoms with van der Waals surface area (Å²) in [5, 5.41) is 8.07. The summed E-state index contributed by atoms with van der Waals surface area (Å²) >= 11 is 5.65. The van der Waals surface area contributed by atoms with Gasteiger partial charge in [-0.25, -0.2) is 4.39 Å². The largest absolute Gasteiger partial charge is 0.493 e. The molecule has 0 bridgehead atoms. The molecule has 1 aliphatic heterocycles. The summed E-state index contributed by atoms with van der Waals surface area (Å²) in [6.45, 7) is 3.18. The molecule has 1 aromatic heterocycles. The molecule has 1 N–H and O–H groups in total. The third kappa shape index (κ3) is 5.13. The fraction of sp³-hybridized carbons (Fsp3) is 0.320. The molecular formula is C25H27FN4O4S. The molecule has 8 nitrogen and oxygen atoms in total. The van der Waals surface area contributed by atoms with E-state index in [-0.39, 0.29) is 5.82 Å². The number of thiocarbonyl (C=S) groups is 1. The first-order chi connectivity index (χ1) is 17.0. The van der Waals surface area contributed by atoms with Crippen LogP contribution in [-0.4, -0.2) is 54.6 Å². The van der Waals surface area contributed by atoms with E-state index in [0.29, 0.717) is 52.6 Å². The van der Waals surface area contributed by atoms with Gasteiger partial charge in [0.2, 0.25) is 5.82 Å². The molecule has 2 aromatic carbocycles. The minimum atomic E-state index is -0.462. The van der Waals surface area contributed by atoms with Gasteiger partial charge in [-0.15, -0.1) is 0 Å². The molecule has 184 valence electrons. The molecule has 1 atom stereocenters. The minimum Gasteiger partial charge on any atom is -0.493 e. The van der Waals surface area contributed by atoms with Crippen LogP contribution in [0.2, 0.25) is 0 Å². The van der Waals surface area contributed by atoms with Gasteiger partial charge < -0.3 is 29.0 Å². The number of benzene rings is 2. The summed E-state index contributed by atoms with van der Waals surface area (Å²) in [7, 11) is 4.80. The van der Waals surface area contributed by atoms with E-state index in [1.165, 1.54) is 12.1 Å². The first kappa shape index (κ1) is 24.6. The summed E-state index contributed by atoms with van der Waals surface area (Å²) < 4.78 is 35.8. The van der Waals surface area contributed by atoms with Crippen molar-refractivity contribution < 1.29 is 23.1 Å². The van der Waals surface area contributed by atoms with E-state index in [1.54, 1.807) is 39.5 Å². The predicted molar refractivity (Wildman–Crippen MR) is 134 cm³/mol. The van der Waals surface area contributed by atoms with Gasteiger partial charge in [-0.1, -0.05) is 17.3 Å². The fourth-order valence-electron chi connectivity index (χ4n) is 4.06. The number of allylic oxidation sites excluding steroid dienone is 1. The van der Waals surface area contributed by atoms with Gasteiger partial charge in [0.1, 0.15) is 5.82 Å². The number of nitrogens with zero attached hydrogens (tertiary/aromatic N) is 3. The van der Waals surface area contributed by atoms with Crippen LogP contribution in [0.15, 0.2) is 52.7 Å². The van der Waals surface area contributed by atoms with E-state index < -0.39 is 6.04 Å². The van der Waals surface area contributed by atoms with Crippen LogP contribution < -0.4 is 14.8 Å². The van der Waals surface area contributed by atoms with E-state index in [2.05, 4.69) is 15.5 Å². The average molecular weight is 499 g/mol. The van der Waals surface area contributed by atoms with Crippen LogP contribution in [0.5, 0.6) is 11.5 Å². The number of nitrogens with one attached hydrogen (secondary N) is 1. The van der Waals surface area contributed by atoms with Crippen LogP contribution in [0.25, 0.3) is 17.0 Å². The van der Waals surface area contributed by atoms with Gasteiger partial charge >= 0.3 is 0 Å². The topological polar surface area (TPSA) is 81.9 Å². The van der Waals surface area contributed by atoms with Gasteiger partial charge in [0.15, 0.2) is 16.6 Å². The van der Waals surface area contributed by atoms with Crippen molar-refractivity contribution >= 4 is 22.9 Å². The van der Waals surface area contributed by atoms with Crippen molar-refractivity contribution in [2.75, 3.05) is 34.5 Å². The number of rotatable bonds is 9. The average Bonchev–Trinajstić information content (AvgIpc) is 3.35. The van der Waals surface area contributed by atoms with E-state index >= 15 is 0 Å². The molecule has 3 aromatic rings. The predicted octanol–water partition coefficient (Wildman–Crippen LogP) is 4.59. The molecule has 0 spiro atoms. The Kier molecular flexibility index (Phi) is 7.62. The van der Waals surface area contributed by atoms with Gasteiger partial charge in [0.25, 0.3) is 5.89 Å². The second-order valence-electron chi connectivity index (χ2n) is 7.93. The van der Waals surface area contributed by atoms with Crippen LogP contribution in [0.1, 0.15) is 30.8 Å². The number of methoxy groups -OCH3 is 3. The zero-order chi connectivity index (χ0) is 24.9. The van der Waals surface area contributed by atoms with Crippen molar-refractivity contribution in [3.05, 3.63) is 65.4 Å². The van der Waals surface area contributed by atoms with Crippen molar-refractivity contribution in [1.29, 1.82) is 0 Å². The van der Waals surface area contributed by atoms with Crippen molar-refractivity contribution in [1.82, 2.24) is 20.4 Å². The molecule has 2 heterocycles. The smallest absolute Gasteiger partial charge is 0.258 e. The van der Waals surface area contributed by atoms with Crippen molar-refractivity contribution in [3.63, 3.8) is 0 Å². The molecule has 0 radical (unpaired) electrons. The standard InChI is InChI=1S/C25H27FN4O4S/c1-15-21(24-28-23(29-34-24)17-9-10-19(32-3)20(14-17)33-4)22(16-7-5-8-18(26)13-16)27-25(35)30(15)11-6-12-31-2/h5,7-10,13-14,22H,6,11-12H2,1-4H3,(H,27,35). The first-order valence-electron chi connectivity index (χ1n) is 11.1. The quantitative estimate of drug-likeness (QED) is 0.336. The van der Waals surface area contributed by atoms with Crippen LogP contribution >= 0.6 is 12.2 Å². The molecule has 10 heteroatoms. The molecule has 1 unspecified atom stereocenters. The molecule has 0 aliphatic carbocycles. The van der Waals surface area contributed by atoms with E-state index in [4.69, 9.17) is 31.0 Å². The lowest BCUT2D eigenvalue weighted by Gasteiger charge is -2.37. The Morgan fingerprint density at radius 3 is 2.63 bits per heavy atom. The van der Waals surface area contributed by atoms with Gasteiger partial charge in [-0.2, -0.15) is 4.98 Å². The number of halogens is 1. The highest BCUT2D eigenvalue weighted by Gasteiger charge is 2.34. The maximum atomic E-state index is 14.1. The lowest BCUT2D eigenvalue weighted by molar-refractivity contribution is 0.188. The summed E-state index contributed by atoms with van der Waals surface area (Å²) in [5.41, 5.74) is 2.97. The highest BCUT2D eigenvalue weighted by atomic mass is 32.1. The van der Waals surface area contributed by atoms with Crippen molar-refractivity contribution in [3.8, 4) is 22.9 Å². The fourth-order valence-corrected chi connectivity index (χ4v) is 4.40. The zero-order valence-electron chi connectivity index (χ0n) is 20.0. The van der Waals surface area contributed by atoms with Crippen molar-refractivity contribution in [2.24, 2.45) is 0 Å². The summed E-state index contributed by atoms with van der Waals surface area (Å²) in [4.78, 5) is 6.65. The Morgan fingerprint density at radius 1 is 1.11 bits per heavy atom. The van der Waals surface area contributed by atoms with Gasteiger partial charge in [-0.05, 0) is 61.5 Å². The van der Waals surface area contributed by atoms with Gasteiger partial charge in [0, 0.05) is 31.5 Å². The minimum absolute atomic E-state index is 0.313. The Morgan fingerprint density at radius 2 is 1.91 bits per heavy atom. The molecule has 1 aliphatic rings. The lowest BCUT2D eigenvalue weighted by atomic mass is 9.94. The Hall–Kier alpha value is -3.50. The second-order valence-corrected chi connectivity index (χ2v) is 8.31. The van der Waals surface area contributed by atoms with Gasteiger partial charge in [-0.3, -0.25) is 0 Å². The molecule has 0 fully saturated rings. The third-order valence-corrected chi connectivity index (χ3v) is 6.14. The normalized spacial score (nSPS) is 15.9. The SMILES string of the molecule is COCCCN1C(=S)NC(c2cccc(F)c2)C(c2nc(-c3ccc(OC)c(OC)c3)no2)=C1C. The Labute approximate surface area is 208 Å². The summed E-state index contributed by atoms with van der Waals surface area (Å²) in [6.07, 6.45) is 0.772. The molecular weight excluding hydrogens is 471 g/mol. The summed E-state index contributed by atoms with van der Waals surface area (Å²) in [5.74, 6) is 1.51. The summed E-state index contributed by atoms with van der Waals surface area (Å²) in [6, 6.07) is 11.3. The van der Waals surface area contributed by atoms with Crippen LogP contribution in [0, 0.1) is 5.82 Å². The maximum absolute atomic E-state index is 14.1. The third-order valence-electron chi connectivity index (χ3n) is 5.81. The Balaban J connectivity index is 1.77. The van der Waals surface area contributed by atoms with Crippen LogP contribution in [0.4, 0.5) is 4.39 Å². The molecule has 0 saturated carbocycles. The van der Waals surface area contributed by atoms with E-state index in [0.717, 1.165) is 17.7 Å². The number of hydrogen-bond acceptors (Lipinski definition) is 7. The number of hydrogen-bond donors (Lipinski definition) is 1. The molecule has 0 amide bonds. The highest BCUT2D eigenvalue weighted by molar-refractivity contribution is 7.80.